The van der Waals surface area contributed by atoms with Crippen LogP contribution in [-0.4, -0.2) is 31.9 Å². The summed E-state index contributed by atoms with van der Waals surface area (Å²) in [5.74, 6) is 0.0222. The summed E-state index contributed by atoms with van der Waals surface area (Å²) in [4.78, 5) is 0. The zero-order valence-electron chi connectivity index (χ0n) is 11.5. The first-order chi connectivity index (χ1) is 8.94. The van der Waals surface area contributed by atoms with E-state index in [0.29, 0.717) is 19.4 Å². The number of hydrogen-bond donors (Lipinski definition) is 2. The highest BCUT2D eigenvalue weighted by atomic mass is 32.2. The van der Waals surface area contributed by atoms with Crippen LogP contribution in [0.5, 0.6) is 0 Å². The minimum Gasteiger partial charge on any atom is -0.393 e. The van der Waals surface area contributed by atoms with E-state index in [9.17, 15) is 13.5 Å². The monoisotopic (exact) mass is 285 g/mol. The molecule has 0 aliphatic rings. The van der Waals surface area contributed by atoms with Gasteiger partial charge in [0.1, 0.15) is 0 Å². The summed E-state index contributed by atoms with van der Waals surface area (Å²) in [6.45, 7) is 4.06. The second-order valence-electron chi connectivity index (χ2n) is 4.84. The predicted molar refractivity (Wildman–Crippen MR) is 77.6 cm³/mol. The van der Waals surface area contributed by atoms with E-state index in [0.717, 1.165) is 5.56 Å². The molecule has 2 N–H and O–H groups in total. The summed E-state index contributed by atoms with van der Waals surface area (Å²) >= 11 is 0. The molecule has 0 aliphatic carbocycles. The summed E-state index contributed by atoms with van der Waals surface area (Å²) in [6, 6.07) is 9.59. The van der Waals surface area contributed by atoms with Gasteiger partial charge in [-0.1, -0.05) is 44.2 Å². The molecule has 2 atom stereocenters. The molecule has 1 rings (SSSR count). The number of rotatable bonds is 8. The Labute approximate surface area is 115 Å². The first-order valence-electron chi connectivity index (χ1n) is 6.65. The van der Waals surface area contributed by atoms with Gasteiger partial charge in [0.2, 0.25) is 10.0 Å². The lowest BCUT2D eigenvalue weighted by atomic mass is 10.0. The standard InChI is InChI=1S/C14H23NO3S/c1-3-14(16)9-10-15-19(17,18)11-12(2)13-7-5-4-6-8-13/h4-8,12,14-16H,3,9-11H2,1-2H3. The van der Waals surface area contributed by atoms with Gasteiger partial charge in [-0.15, -0.1) is 0 Å². The van der Waals surface area contributed by atoms with Gasteiger partial charge in [-0.2, -0.15) is 0 Å². The molecule has 108 valence electrons. The molecule has 0 saturated carbocycles. The Kier molecular flexibility index (Phi) is 6.48. The van der Waals surface area contributed by atoms with Crippen LogP contribution in [0.4, 0.5) is 0 Å². The molecule has 0 saturated heterocycles. The highest BCUT2D eigenvalue weighted by molar-refractivity contribution is 7.89. The lowest BCUT2D eigenvalue weighted by Crippen LogP contribution is -2.31. The molecule has 2 unspecified atom stereocenters. The van der Waals surface area contributed by atoms with E-state index in [1.807, 2.05) is 44.2 Å². The first-order valence-corrected chi connectivity index (χ1v) is 8.30. The van der Waals surface area contributed by atoms with Crippen molar-refractivity contribution in [1.82, 2.24) is 4.72 Å². The maximum absolute atomic E-state index is 11.9. The molecule has 0 bridgehead atoms. The maximum Gasteiger partial charge on any atom is 0.212 e. The van der Waals surface area contributed by atoms with E-state index in [-0.39, 0.29) is 11.7 Å². The zero-order valence-corrected chi connectivity index (χ0v) is 12.4. The van der Waals surface area contributed by atoms with Gasteiger partial charge in [-0.05, 0) is 24.3 Å². The molecule has 1 aromatic rings. The Morgan fingerprint density at radius 3 is 2.47 bits per heavy atom. The number of benzene rings is 1. The molecule has 19 heavy (non-hydrogen) atoms. The summed E-state index contributed by atoms with van der Waals surface area (Å²) in [6.07, 6.45) is 0.659. The topological polar surface area (TPSA) is 66.4 Å². The minimum absolute atomic E-state index is 0.0465. The number of nitrogens with one attached hydrogen (secondary N) is 1. The molecule has 0 amide bonds. The summed E-state index contributed by atoms with van der Waals surface area (Å²) in [5, 5.41) is 9.38. The molecule has 0 spiro atoms. The fraction of sp³-hybridized carbons (Fsp3) is 0.571. The van der Waals surface area contributed by atoms with E-state index in [2.05, 4.69) is 4.72 Å². The van der Waals surface area contributed by atoms with E-state index < -0.39 is 16.1 Å². The quantitative estimate of drug-likeness (QED) is 0.766. The summed E-state index contributed by atoms with van der Waals surface area (Å²) < 4.78 is 26.3. The van der Waals surface area contributed by atoms with Crippen molar-refractivity contribution in [1.29, 1.82) is 0 Å². The normalized spacial score (nSPS) is 15.1. The van der Waals surface area contributed by atoms with Crippen LogP contribution < -0.4 is 4.72 Å². The lowest BCUT2D eigenvalue weighted by molar-refractivity contribution is 0.162. The molecule has 0 fully saturated rings. The third-order valence-corrected chi connectivity index (χ3v) is 4.69. The van der Waals surface area contributed by atoms with Crippen LogP contribution in [0.1, 0.15) is 38.2 Å². The molecule has 0 radical (unpaired) electrons. The van der Waals surface area contributed by atoms with Gasteiger partial charge in [-0.3, -0.25) is 0 Å². The van der Waals surface area contributed by atoms with Gasteiger partial charge >= 0.3 is 0 Å². The third kappa shape index (κ3) is 6.18. The first kappa shape index (κ1) is 16.1. The molecular formula is C14H23NO3S. The average molecular weight is 285 g/mol. The van der Waals surface area contributed by atoms with Crippen molar-refractivity contribution in [2.75, 3.05) is 12.3 Å². The minimum atomic E-state index is -3.29. The van der Waals surface area contributed by atoms with Crippen molar-refractivity contribution in [3.63, 3.8) is 0 Å². The van der Waals surface area contributed by atoms with E-state index in [1.165, 1.54) is 0 Å². The third-order valence-electron chi connectivity index (χ3n) is 3.11. The van der Waals surface area contributed by atoms with Crippen molar-refractivity contribution in [2.45, 2.75) is 38.7 Å². The average Bonchev–Trinajstić information content (AvgIpc) is 2.38. The number of hydrogen-bond acceptors (Lipinski definition) is 3. The largest absolute Gasteiger partial charge is 0.393 e. The molecule has 5 heteroatoms. The SMILES string of the molecule is CCC(O)CCNS(=O)(=O)CC(C)c1ccccc1. The molecule has 1 aromatic carbocycles. The van der Waals surface area contributed by atoms with Crippen LogP contribution in [0.2, 0.25) is 0 Å². The van der Waals surface area contributed by atoms with E-state index in [4.69, 9.17) is 0 Å². The Morgan fingerprint density at radius 1 is 1.26 bits per heavy atom. The summed E-state index contributed by atoms with van der Waals surface area (Å²) in [7, 11) is -3.29. The maximum atomic E-state index is 11.9. The molecular weight excluding hydrogens is 262 g/mol. The van der Waals surface area contributed by atoms with Crippen LogP contribution in [0.3, 0.4) is 0 Å². The second kappa shape index (κ2) is 7.62. The van der Waals surface area contributed by atoms with Crippen molar-refractivity contribution < 1.29 is 13.5 Å². The van der Waals surface area contributed by atoms with E-state index in [1.54, 1.807) is 0 Å². The Morgan fingerprint density at radius 2 is 1.89 bits per heavy atom. The van der Waals surface area contributed by atoms with Gasteiger partial charge < -0.3 is 5.11 Å². The van der Waals surface area contributed by atoms with Crippen molar-refractivity contribution in [2.24, 2.45) is 0 Å². The predicted octanol–water partition coefficient (Wildman–Crippen LogP) is 1.87. The second-order valence-corrected chi connectivity index (χ2v) is 6.69. The van der Waals surface area contributed by atoms with Gasteiger partial charge in [0, 0.05) is 6.54 Å². The number of sulfonamides is 1. The number of aliphatic hydroxyl groups excluding tert-OH is 1. The molecule has 4 nitrogen and oxygen atoms in total. The lowest BCUT2D eigenvalue weighted by Gasteiger charge is -2.14. The van der Waals surface area contributed by atoms with Gasteiger partial charge in [0.15, 0.2) is 0 Å². The van der Waals surface area contributed by atoms with Crippen LogP contribution in [0.25, 0.3) is 0 Å². The highest BCUT2D eigenvalue weighted by Crippen LogP contribution is 2.16. The summed E-state index contributed by atoms with van der Waals surface area (Å²) in [5.41, 5.74) is 1.02. The van der Waals surface area contributed by atoms with Gasteiger partial charge in [0.25, 0.3) is 0 Å². The molecule has 0 aromatic heterocycles. The van der Waals surface area contributed by atoms with Gasteiger partial charge in [0.05, 0.1) is 11.9 Å². The van der Waals surface area contributed by atoms with Crippen LogP contribution >= 0.6 is 0 Å². The molecule has 0 aliphatic heterocycles. The zero-order chi connectivity index (χ0) is 14.3. The molecule has 0 heterocycles. The van der Waals surface area contributed by atoms with Crippen molar-refractivity contribution in [3.05, 3.63) is 35.9 Å². The number of aliphatic hydroxyl groups is 1. The highest BCUT2D eigenvalue weighted by Gasteiger charge is 2.16. The fourth-order valence-corrected chi connectivity index (χ4v) is 3.25. The smallest absolute Gasteiger partial charge is 0.212 e. The van der Waals surface area contributed by atoms with E-state index >= 15 is 0 Å². The Balaban J connectivity index is 2.46. The van der Waals surface area contributed by atoms with Crippen molar-refractivity contribution >= 4 is 10.0 Å². The van der Waals surface area contributed by atoms with Crippen molar-refractivity contribution in [3.8, 4) is 0 Å². The van der Waals surface area contributed by atoms with Crippen LogP contribution in [-0.2, 0) is 10.0 Å². The Hall–Kier alpha value is -0.910. The van der Waals surface area contributed by atoms with Gasteiger partial charge in [-0.25, -0.2) is 13.1 Å². The van der Waals surface area contributed by atoms with Crippen LogP contribution in [0.15, 0.2) is 30.3 Å². The fourth-order valence-electron chi connectivity index (χ4n) is 1.85. The van der Waals surface area contributed by atoms with Crippen LogP contribution in [0, 0.1) is 0 Å². The Bertz CT molecular complexity index is 459.